The Labute approximate surface area is 95.8 Å². The van der Waals surface area contributed by atoms with E-state index in [0.717, 1.165) is 25.7 Å². The maximum Gasteiger partial charge on any atom is 0.182 e. The van der Waals surface area contributed by atoms with Crippen molar-refractivity contribution >= 4 is 5.78 Å². The molecule has 16 heavy (non-hydrogen) atoms. The van der Waals surface area contributed by atoms with Crippen LogP contribution in [0.3, 0.4) is 0 Å². The van der Waals surface area contributed by atoms with E-state index in [4.69, 9.17) is 5.73 Å². The Hall–Kier alpha value is -1.16. The van der Waals surface area contributed by atoms with Crippen LogP contribution in [0.5, 0.6) is 0 Å². The Balaban J connectivity index is 2.04. The molecule has 1 saturated carbocycles. The van der Waals surface area contributed by atoms with Gasteiger partial charge in [-0.1, -0.05) is 19.3 Å². The second kappa shape index (κ2) is 4.37. The predicted molar refractivity (Wildman–Crippen MR) is 62.2 cm³/mol. The summed E-state index contributed by atoms with van der Waals surface area (Å²) in [7, 11) is 1.79. The fourth-order valence-corrected chi connectivity index (χ4v) is 2.49. The molecule has 0 aliphatic heterocycles. The van der Waals surface area contributed by atoms with Gasteiger partial charge in [-0.2, -0.15) is 5.10 Å². The molecule has 0 amide bonds. The number of hydrogen-bond acceptors (Lipinski definition) is 3. The van der Waals surface area contributed by atoms with Gasteiger partial charge in [-0.15, -0.1) is 0 Å². The molecular formula is C12H19N3O. The van der Waals surface area contributed by atoms with Gasteiger partial charge in [0, 0.05) is 25.2 Å². The molecule has 1 aromatic heterocycles. The van der Waals surface area contributed by atoms with Crippen LogP contribution in [0, 0.1) is 0 Å². The van der Waals surface area contributed by atoms with Gasteiger partial charge in [0.1, 0.15) is 5.69 Å². The summed E-state index contributed by atoms with van der Waals surface area (Å²) in [5, 5.41) is 4.01. The second-order valence-corrected chi connectivity index (χ2v) is 4.86. The third-order valence-corrected chi connectivity index (χ3v) is 3.47. The number of aromatic nitrogens is 2. The van der Waals surface area contributed by atoms with Gasteiger partial charge in [-0.3, -0.25) is 9.48 Å². The largest absolute Gasteiger partial charge is 0.325 e. The van der Waals surface area contributed by atoms with Gasteiger partial charge >= 0.3 is 0 Å². The van der Waals surface area contributed by atoms with E-state index in [1.165, 1.54) is 6.42 Å². The number of nitrogens with two attached hydrogens (primary N) is 1. The van der Waals surface area contributed by atoms with E-state index >= 15 is 0 Å². The lowest BCUT2D eigenvalue weighted by Crippen LogP contribution is -2.43. The van der Waals surface area contributed by atoms with Crippen molar-refractivity contribution in [3.63, 3.8) is 0 Å². The zero-order valence-electron chi connectivity index (χ0n) is 9.78. The summed E-state index contributed by atoms with van der Waals surface area (Å²) in [6.45, 7) is 0. The molecule has 0 unspecified atom stereocenters. The van der Waals surface area contributed by atoms with Gasteiger partial charge in [0.15, 0.2) is 5.78 Å². The predicted octanol–water partition coefficient (Wildman–Crippen LogP) is 1.65. The average molecular weight is 221 g/mol. The molecule has 1 aromatic rings. The third kappa shape index (κ3) is 2.32. The van der Waals surface area contributed by atoms with E-state index in [1.807, 2.05) is 0 Å². The summed E-state index contributed by atoms with van der Waals surface area (Å²) in [6.07, 6.45) is 7.58. The van der Waals surface area contributed by atoms with Crippen LogP contribution in [0.2, 0.25) is 0 Å². The molecule has 4 nitrogen and oxygen atoms in total. The summed E-state index contributed by atoms with van der Waals surface area (Å²) < 4.78 is 1.62. The molecule has 2 N–H and O–H groups in total. The lowest BCUT2D eigenvalue weighted by Gasteiger charge is -2.32. The summed E-state index contributed by atoms with van der Waals surface area (Å²) in [5.41, 5.74) is 6.65. The zero-order chi connectivity index (χ0) is 11.6. The molecule has 1 aliphatic carbocycles. The Bertz CT molecular complexity index is 377. The number of aryl methyl sites for hydroxylation is 1. The molecule has 88 valence electrons. The highest BCUT2D eigenvalue weighted by Crippen LogP contribution is 2.29. The van der Waals surface area contributed by atoms with Gasteiger partial charge in [-0.25, -0.2) is 0 Å². The van der Waals surface area contributed by atoms with E-state index in [-0.39, 0.29) is 11.3 Å². The second-order valence-electron chi connectivity index (χ2n) is 4.86. The third-order valence-electron chi connectivity index (χ3n) is 3.47. The van der Waals surface area contributed by atoms with Crippen LogP contribution >= 0.6 is 0 Å². The standard InChI is InChI=1S/C12H19N3O/c1-15-10(5-8-14-15)11(16)9-12(13)6-3-2-4-7-12/h5,8H,2-4,6-7,9,13H2,1H3. The molecule has 2 rings (SSSR count). The van der Waals surface area contributed by atoms with Crippen molar-refractivity contribution in [2.45, 2.75) is 44.1 Å². The molecule has 1 aliphatic rings. The van der Waals surface area contributed by atoms with Crippen LogP contribution in [-0.4, -0.2) is 21.1 Å². The minimum absolute atomic E-state index is 0.115. The molecule has 0 spiro atoms. The highest BCUT2D eigenvalue weighted by Gasteiger charge is 2.30. The Morgan fingerprint density at radius 1 is 1.50 bits per heavy atom. The van der Waals surface area contributed by atoms with E-state index in [0.29, 0.717) is 12.1 Å². The number of hydrogen-bond donors (Lipinski definition) is 1. The van der Waals surface area contributed by atoms with Gasteiger partial charge < -0.3 is 5.73 Å². The van der Waals surface area contributed by atoms with Crippen LogP contribution in [0.15, 0.2) is 12.3 Å². The maximum atomic E-state index is 12.1. The number of carbonyl (C=O) groups is 1. The molecule has 0 radical (unpaired) electrons. The monoisotopic (exact) mass is 221 g/mol. The minimum atomic E-state index is -0.278. The first-order valence-corrected chi connectivity index (χ1v) is 5.91. The van der Waals surface area contributed by atoms with E-state index in [1.54, 1.807) is 24.0 Å². The lowest BCUT2D eigenvalue weighted by atomic mass is 9.79. The van der Waals surface area contributed by atoms with Gasteiger partial charge in [0.2, 0.25) is 0 Å². The number of carbonyl (C=O) groups excluding carboxylic acids is 1. The van der Waals surface area contributed by atoms with Crippen LogP contribution in [0.4, 0.5) is 0 Å². The lowest BCUT2D eigenvalue weighted by molar-refractivity contribution is 0.0925. The smallest absolute Gasteiger partial charge is 0.182 e. The van der Waals surface area contributed by atoms with Crippen LogP contribution in [-0.2, 0) is 7.05 Å². The molecule has 1 fully saturated rings. The first kappa shape index (κ1) is 11.3. The van der Waals surface area contributed by atoms with Crippen LogP contribution < -0.4 is 5.73 Å². The fourth-order valence-electron chi connectivity index (χ4n) is 2.49. The Morgan fingerprint density at radius 3 is 2.75 bits per heavy atom. The highest BCUT2D eigenvalue weighted by atomic mass is 16.1. The van der Waals surface area contributed by atoms with Crippen molar-refractivity contribution in [2.75, 3.05) is 0 Å². The van der Waals surface area contributed by atoms with Crippen LogP contribution in [0.25, 0.3) is 0 Å². The molecular weight excluding hydrogens is 202 g/mol. The van der Waals surface area contributed by atoms with E-state index < -0.39 is 0 Å². The van der Waals surface area contributed by atoms with Gasteiger partial charge in [0.05, 0.1) is 0 Å². The molecule has 0 aromatic carbocycles. The maximum absolute atomic E-state index is 12.1. The molecule has 0 bridgehead atoms. The van der Waals surface area contributed by atoms with Crippen LogP contribution in [0.1, 0.15) is 49.0 Å². The Morgan fingerprint density at radius 2 is 2.19 bits per heavy atom. The first-order chi connectivity index (χ1) is 7.61. The molecule has 0 atom stereocenters. The minimum Gasteiger partial charge on any atom is -0.325 e. The average Bonchev–Trinajstić information content (AvgIpc) is 2.65. The number of Topliss-reactive ketones (excluding diaryl/α,β-unsaturated/α-hetero) is 1. The summed E-state index contributed by atoms with van der Waals surface area (Å²) in [4.78, 5) is 12.1. The summed E-state index contributed by atoms with van der Waals surface area (Å²) in [5.74, 6) is 0.115. The SMILES string of the molecule is Cn1nccc1C(=O)CC1(N)CCCCC1. The molecule has 0 saturated heterocycles. The zero-order valence-corrected chi connectivity index (χ0v) is 9.78. The van der Waals surface area contributed by atoms with Crippen molar-refractivity contribution in [1.29, 1.82) is 0 Å². The topological polar surface area (TPSA) is 60.9 Å². The van der Waals surface area contributed by atoms with E-state index in [9.17, 15) is 4.79 Å². The van der Waals surface area contributed by atoms with Crippen molar-refractivity contribution in [1.82, 2.24) is 9.78 Å². The fraction of sp³-hybridized carbons (Fsp3) is 0.667. The number of nitrogens with zero attached hydrogens (tertiary/aromatic N) is 2. The number of ketones is 1. The first-order valence-electron chi connectivity index (χ1n) is 5.91. The van der Waals surface area contributed by atoms with Crippen molar-refractivity contribution in [2.24, 2.45) is 12.8 Å². The number of rotatable bonds is 3. The molecule has 4 heteroatoms. The quantitative estimate of drug-likeness (QED) is 0.789. The highest BCUT2D eigenvalue weighted by molar-refractivity contribution is 5.95. The molecule has 1 heterocycles. The van der Waals surface area contributed by atoms with Crippen molar-refractivity contribution in [3.8, 4) is 0 Å². The summed E-state index contributed by atoms with van der Waals surface area (Å²) in [6, 6.07) is 1.76. The summed E-state index contributed by atoms with van der Waals surface area (Å²) >= 11 is 0. The van der Waals surface area contributed by atoms with Gasteiger partial charge in [0.25, 0.3) is 0 Å². The van der Waals surface area contributed by atoms with Gasteiger partial charge in [-0.05, 0) is 18.9 Å². The van der Waals surface area contributed by atoms with Crippen molar-refractivity contribution in [3.05, 3.63) is 18.0 Å². The van der Waals surface area contributed by atoms with Crippen molar-refractivity contribution < 1.29 is 4.79 Å². The normalized spacial score (nSPS) is 19.6. The Kier molecular flexibility index (Phi) is 3.10. The van der Waals surface area contributed by atoms with E-state index in [2.05, 4.69) is 5.10 Å².